The van der Waals surface area contributed by atoms with Gasteiger partial charge in [-0.1, -0.05) is 4.99 Å². The fourth-order valence-electron chi connectivity index (χ4n) is 4.25. The molecule has 1 atom stereocenters. The van der Waals surface area contributed by atoms with Gasteiger partial charge in [-0.15, -0.1) is 0 Å². The van der Waals surface area contributed by atoms with Gasteiger partial charge in [-0.2, -0.15) is 0 Å². The summed E-state index contributed by atoms with van der Waals surface area (Å²) < 4.78 is 4.13. The number of aliphatic hydroxyl groups is 1. The number of fused-ring (bicyclic) bond motifs is 3. The molecule has 2 aliphatic heterocycles. The summed E-state index contributed by atoms with van der Waals surface area (Å²) in [7, 11) is 1.66. The molecule has 3 heterocycles. The summed E-state index contributed by atoms with van der Waals surface area (Å²) in [6.07, 6.45) is 7.04. The minimum Gasteiger partial charge on any atom is -0.396 e. The third-order valence-electron chi connectivity index (χ3n) is 5.48. The number of nitrogens with zero attached hydrogens (tertiary/aromatic N) is 5. The number of hydrogen-bond acceptors (Lipinski definition) is 4. The van der Waals surface area contributed by atoms with Crippen molar-refractivity contribution in [3.8, 4) is 0 Å². The van der Waals surface area contributed by atoms with Crippen LogP contribution in [0.2, 0.25) is 0 Å². The van der Waals surface area contributed by atoms with E-state index in [0.29, 0.717) is 18.3 Å². The number of imide groups is 1. The van der Waals surface area contributed by atoms with Crippen LogP contribution in [0, 0.1) is 6.92 Å². The molecule has 1 unspecified atom stereocenters. The lowest BCUT2D eigenvalue weighted by atomic mass is 10.1. The Labute approximate surface area is 146 Å². The summed E-state index contributed by atoms with van der Waals surface area (Å²) in [4.78, 5) is 32.9. The Morgan fingerprint density at radius 2 is 2.04 bits per heavy atom. The third-order valence-corrected chi connectivity index (χ3v) is 5.48. The third kappa shape index (κ3) is 2.31. The lowest BCUT2D eigenvalue weighted by molar-refractivity contribution is -0.677. The number of imidazole rings is 1. The molecule has 4 rings (SSSR count). The van der Waals surface area contributed by atoms with E-state index in [1.165, 1.54) is 22.6 Å². The first kappa shape index (κ1) is 16.3. The first-order valence-electron chi connectivity index (χ1n) is 8.96. The molecule has 3 amide bonds. The fourth-order valence-corrected chi connectivity index (χ4v) is 4.25. The smallest absolute Gasteiger partial charge is 0.396 e. The van der Waals surface area contributed by atoms with Gasteiger partial charge in [0.05, 0.1) is 6.04 Å². The molecule has 8 nitrogen and oxygen atoms in total. The molecule has 3 aliphatic rings. The van der Waals surface area contributed by atoms with Crippen LogP contribution in [0.4, 0.5) is 10.7 Å². The topological polar surface area (TPSA) is 82.0 Å². The van der Waals surface area contributed by atoms with Crippen molar-refractivity contribution in [2.45, 2.75) is 51.1 Å². The number of aromatic nitrogens is 2. The van der Waals surface area contributed by atoms with Gasteiger partial charge >= 0.3 is 12.0 Å². The van der Waals surface area contributed by atoms with Crippen LogP contribution in [0.3, 0.4) is 0 Å². The predicted octanol–water partition coefficient (Wildman–Crippen LogP) is 1.06. The second kappa shape index (κ2) is 5.94. The van der Waals surface area contributed by atoms with E-state index in [9.17, 15) is 9.59 Å². The number of carbonyl (C=O) groups excluding carboxylic acids is 2. The molecule has 8 heteroatoms. The average Bonchev–Trinajstić information content (AvgIpc) is 3.28. The standard InChI is InChI=1S/C17H24N5O3/c1-11-10-21-13-14(18-16(21)22(11)12-6-3-4-7-12)19(2)17(25)20(15(13)24)8-5-9-23/h10,12-13,23H,3-9H2,1-2H3/q+1. The van der Waals surface area contributed by atoms with Crippen molar-refractivity contribution in [2.75, 3.05) is 20.2 Å². The molecule has 1 saturated carbocycles. The minimum absolute atomic E-state index is 0.0536. The van der Waals surface area contributed by atoms with Gasteiger partial charge in [-0.25, -0.2) is 13.9 Å². The van der Waals surface area contributed by atoms with Gasteiger partial charge in [0, 0.05) is 20.2 Å². The number of urea groups is 1. The lowest BCUT2D eigenvalue weighted by Gasteiger charge is -2.32. The van der Waals surface area contributed by atoms with Crippen LogP contribution in [-0.4, -0.2) is 57.4 Å². The van der Waals surface area contributed by atoms with Crippen molar-refractivity contribution < 1.29 is 19.3 Å². The maximum absolute atomic E-state index is 13.0. The van der Waals surface area contributed by atoms with Crippen LogP contribution in [0.5, 0.6) is 0 Å². The molecule has 1 N–H and O–H groups in total. The minimum atomic E-state index is -0.585. The number of amides is 3. The zero-order valence-corrected chi connectivity index (χ0v) is 14.7. The van der Waals surface area contributed by atoms with Gasteiger partial charge in [0.2, 0.25) is 11.9 Å². The molecule has 2 fully saturated rings. The van der Waals surface area contributed by atoms with Crippen molar-refractivity contribution >= 4 is 23.7 Å². The number of aliphatic imine (C=N–C) groups is 1. The normalized spacial score (nSPS) is 23.3. The first-order valence-corrected chi connectivity index (χ1v) is 8.96. The van der Waals surface area contributed by atoms with E-state index < -0.39 is 6.04 Å². The SMILES string of the molecule is Cc1c[n+]2c(n1C1CCCC1)N=C1C2C(=O)N(CCCO)C(=O)N1C. The van der Waals surface area contributed by atoms with Crippen LogP contribution in [-0.2, 0) is 4.79 Å². The fraction of sp³-hybridized carbons (Fsp3) is 0.647. The molecule has 25 heavy (non-hydrogen) atoms. The van der Waals surface area contributed by atoms with Gasteiger partial charge in [-0.05, 0) is 39.0 Å². The van der Waals surface area contributed by atoms with Gasteiger partial charge < -0.3 is 5.11 Å². The number of aryl methyl sites for hydroxylation is 1. The monoisotopic (exact) mass is 346 g/mol. The highest BCUT2D eigenvalue weighted by Crippen LogP contribution is 2.37. The average molecular weight is 346 g/mol. The molecule has 0 bridgehead atoms. The zero-order chi connectivity index (χ0) is 17.7. The number of amidine groups is 1. The number of carbonyl (C=O) groups is 2. The predicted molar refractivity (Wildman–Crippen MR) is 89.6 cm³/mol. The number of likely N-dealkylation sites (N-methyl/N-ethyl adjacent to an activating group) is 1. The van der Waals surface area contributed by atoms with Crippen molar-refractivity contribution in [3.63, 3.8) is 0 Å². The second-order valence-corrected chi connectivity index (χ2v) is 7.07. The first-order chi connectivity index (χ1) is 12.0. The van der Waals surface area contributed by atoms with Gasteiger partial charge in [0.25, 0.3) is 5.91 Å². The molecule has 0 radical (unpaired) electrons. The maximum atomic E-state index is 13.0. The summed E-state index contributed by atoms with van der Waals surface area (Å²) in [6, 6.07) is -0.538. The number of rotatable bonds is 4. The molecule has 134 valence electrons. The van der Waals surface area contributed by atoms with Crippen molar-refractivity contribution in [2.24, 2.45) is 4.99 Å². The van der Waals surface area contributed by atoms with Crippen molar-refractivity contribution in [3.05, 3.63) is 11.9 Å². The van der Waals surface area contributed by atoms with Gasteiger partial charge in [0.15, 0.2) is 0 Å². The molecule has 1 aromatic rings. The van der Waals surface area contributed by atoms with Crippen LogP contribution >= 0.6 is 0 Å². The second-order valence-electron chi connectivity index (χ2n) is 7.07. The lowest BCUT2D eigenvalue weighted by Crippen LogP contribution is -2.62. The Balaban J connectivity index is 1.75. The Hall–Kier alpha value is -2.22. The molecular weight excluding hydrogens is 322 g/mol. The largest absolute Gasteiger partial charge is 0.402 e. The van der Waals surface area contributed by atoms with E-state index in [2.05, 4.69) is 9.56 Å². The van der Waals surface area contributed by atoms with E-state index in [4.69, 9.17) is 5.11 Å². The number of aliphatic hydroxyl groups excluding tert-OH is 1. The Morgan fingerprint density at radius 1 is 1.32 bits per heavy atom. The van der Waals surface area contributed by atoms with E-state index >= 15 is 0 Å². The molecule has 1 saturated heterocycles. The van der Waals surface area contributed by atoms with E-state index in [0.717, 1.165) is 24.5 Å². The van der Waals surface area contributed by atoms with E-state index in [1.807, 2.05) is 17.7 Å². The summed E-state index contributed by atoms with van der Waals surface area (Å²) in [5.74, 6) is 1.00. The Morgan fingerprint density at radius 3 is 2.72 bits per heavy atom. The summed E-state index contributed by atoms with van der Waals surface area (Å²) in [5.41, 5.74) is 1.10. The summed E-state index contributed by atoms with van der Waals surface area (Å²) >= 11 is 0. The quantitative estimate of drug-likeness (QED) is 0.828. The van der Waals surface area contributed by atoms with E-state index in [1.54, 1.807) is 7.05 Å². The molecule has 1 aliphatic carbocycles. The molecular formula is C17H24N5O3+. The zero-order valence-electron chi connectivity index (χ0n) is 14.7. The van der Waals surface area contributed by atoms with Crippen LogP contribution < -0.4 is 4.57 Å². The molecule has 0 aromatic carbocycles. The number of hydrogen-bond donors (Lipinski definition) is 1. The van der Waals surface area contributed by atoms with Gasteiger partial charge in [0.1, 0.15) is 11.9 Å². The Kier molecular flexibility index (Phi) is 3.87. The van der Waals surface area contributed by atoms with Gasteiger partial charge in [-0.3, -0.25) is 14.6 Å². The highest BCUT2D eigenvalue weighted by molar-refractivity contribution is 6.19. The van der Waals surface area contributed by atoms with E-state index in [-0.39, 0.29) is 25.1 Å². The summed E-state index contributed by atoms with van der Waals surface area (Å²) in [5, 5.41) is 9.05. The van der Waals surface area contributed by atoms with Crippen molar-refractivity contribution in [1.29, 1.82) is 0 Å². The maximum Gasteiger partial charge on any atom is 0.402 e. The van der Waals surface area contributed by atoms with Crippen LogP contribution in [0.1, 0.15) is 49.9 Å². The van der Waals surface area contributed by atoms with Crippen molar-refractivity contribution in [1.82, 2.24) is 14.4 Å². The molecule has 1 aromatic heterocycles. The summed E-state index contributed by atoms with van der Waals surface area (Å²) in [6.45, 7) is 2.22. The van der Waals surface area contributed by atoms with Crippen LogP contribution in [0.25, 0.3) is 0 Å². The van der Waals surface area contributed by atoms with Crippen LogP contribution in [0.15, 0.2) is 11.2 Å². The highest BCUT2D eigenvalue weighted by atomic mass is 16.3. The molecule has 0 spiro atoms. The highest BCUT2D eigenvalue weighted by Gasteiger charge is 2.53. The Bertz CT molecular complexity index is 763.